The number of piperidine rings is 1. The number of carbonyl (C=O) groups excluding carboxylic acids is 1. The molecule has 0 aliphatic carbocycles. The lowest BCUT2D eigenvalue weighted by atomic mass is 9.89. The molecule has 20 heavy (non-hydrogen) atoms. The summed E-state index contributed by atoms with van der Waals surface area (Å²) in [6.07, 6.45) is 4.49. The number of likely N-dealkylation sites (N-methyl/N-ethyl adjacent to an activating group) is 1. The number of nitrogens with one attached hydrogen (secondary N) is 1. The Labute approximate surface area is 120 Å². The second-order valence-corrected chi connectivity index (χ2v) is 6.05. The lowest BCUT2D eigenvalue weighted by Crippen LogP contribution is -2.48. The number of amides is 1. The molecule has 1 aliphatic heterocycles. The van der Waals surface area contributed by atoms with Crippen molar-refractivity contribution in [2.45, 2.75) is 45.2 Å². The number of hydrogen-bond donors (Lipinski definition) is 1. The van der Waals surface area contributed by atoms with E-state index >= 15 is 0 Å². The van der Waals surface area contributed by atoms with Crippen LogP contribution in [0.2, 0.25) is 0 Å². The number of rotatable bonds is 4. The Morgan fingerprint density at radius 1 is 1.55 bits per heavy atom. The molecule has 0 aromatic carbocycles. The lowest BCUT2D eigenvalue weighted by Gasteiger charge is -2.31. The molecule has 1 amide bonds. The van der Waals surface area contributed by atoms with Gasteiger partial charge in [-0.2, -0.15) is 5.10 Å². The van der Waals surface area contributed by atoms with Gasteiger partial charge in [0.1, 0.15) is 12.2 Å². The van der Waals surface area contributed by atoms with Gasteiger partial charge in [-0.25, -0.2) is 9.67 Å². The third-order valence-corrected chi connectivity index (χ3v) is 3.86. The Hall–Kier alpha value is -1.43. The molecule has 0 spiro atoms. The average molecular weight is 279 g/mol. The maximum absolute atomic E-state index is 12.1. The summed E-state index contributed by atoms with van der Waals surface area (Å²) >= 11 is 0. The van der Waals surface area contributed by atoms with Gasteiger partial charge in [-0.1, -0.05) is 0 Å². The van der Waals surface area contributed by atoms with Crippen LogP contribution in [0.3, 0.4) is 0 Å². The Balaban J connectivity index is 1.99. The van der Waals surface area contributed by atoms with Gasteiger partial charge in [0.25, 0.3) is 0 Å². The van der Waals surface area contributed by atoms with Crippen LogP contribution in [0.4, 0.5) is 0 Å². The van der Waals surface area contributed by atoms with Gasteiger partial charge in [-0.15, -0.1) is 0 Å². The summed E-state index contributed by atoms with van der Waals surface area (Å²) in [6, 6.07) is 0.271. The molecular weight excluding hydrogens is 254 g/mol. The zero-order chi connectivity index (χ0) is 14.7. The minimum atomic E-state index is -0.0563. The highest BCUT2D eigenvalue weighted by molar-refractivity contribution is 5.81. The number of nitrogens with zero attached hydrogens (tertiary/aromatic N) is 4. The van der Waals surface area contributed by atoms with Crippen molar-refractivity contribution in [2.24, 2.45) is 5.92 Å². The molecule has 1 N–H and O–H groups in total. The van der Waals surface area contributed by atoms with Gasteiger partial charge in [-0.05, 0) is 39.2 Å². The van der Waals surface area contributed by atoms with Crippen molar-refractivity contribution >= 4 is 5.91 Å². The Bertz CT molecular complexity index is 454. The molecule has 1 saturated heterocycles. The van der Waals surface area contributed by atoms with Gasteiger partial charge in [0.2, 0.25) is 5.91 Å². The first-order chi connectivity index (χ1) is 9.49. The summed E-state index contributed by atoms with van der Waals surface area (Å²) < 4.78 is 1.98. The smallest absolute Gasteiger partial charge is 0.239 e. The predicted molar refractivity (Wildman–Crippen MR) is 77.3 cm³/mol. The maximum atomic E-state index is 12.1. The van der Waals surface area contributed by atoms with Gasteiger partial charge in [0, 0.05) is 26.6 Å². The SMILES string of the molecule is CC(C)n1ncnc1CC1CCNC(C(=O)N(C)C)C1. The van der Waals surface area contributed by atoms with Crippen LogP contribution in [0.5, 0.6) is 0 Å². The minimum Gasteiger partial charge on any atom is -0.347 e. The summed E-state index contributed by atoms with van der Waals surface area (Å²) in [4.78, 5) is 18.1. The van der Waals surface area contributed by atoms with Crippen LogP contribution in [0.1, 0.15) is 38.6 Å². The van der Waals surface area contributed by atoms with Gasteiger partial charge in [-0.3, -0.25) is 4.79 Å². The van der Waals surface area contributed by atoms with E-state index in [1.54, 1.807) is 11.2 Å². The number of aromatic nitrogens is 3. The Morgan fingerprint density at radius 3 is 2.95 bits per heavy atom. The summed E-state index contributed by atoms with van der Waals surface area (Å²) in [6.45, 7) is 5.11. The Morgan fingerprint density at radius 2 is 2.30 bits per heavy atom. The zero-order valence-corrected chi connectivity index (χ0v) is 12.8. The molecule has 1 aromatic rings. The topological polar surface area (TPSA) is 63.1 Å². The molecule has 1 aromatic heterocycles. The predicted octanol–water partition coefficient (Wildman–Crippen LogP) is 0.858. The normalized spacial score (nSPS) is 23.1. The summed E-state index contributed by atoms with van der Waals surface area (Å²) in [7, 11) is 3.62. The van der Waals surface area contributed by atoms with E-state index < -0.39 is 0 Å². The largest absolute Gasteiger partial charge is 0.347 e. The molecule has 0 radical (unpaired) electrons. The third-order valence-electron chi connectivity index (χ3n) is 3.86. The minimum absolute atomic E-state index is 0.0563. The van der Waals surface area contributed by atoms with E-state index in [4.69, 9.17) is 0 Å². The summed E-state index contributed by atoms with van der Waals surface area (Å²) in [5.74, 6) is 1.69. The molecule has 0 bridgehead atoms. The average Bonchev–Trinajstić information content (AvgIpc) is 2.86. The fraction of sp³-hybridized carbons (Fsp3) is 0.786. The molecule has 0 saturated carbocycles. The Kier molecular flexibility index (Phi) is 4.75. The molecular formula is C14H25N5O. The van der Waals surface area contributed by atoms with Gasteiger partial charge < -0.3 is 10.2 Å². The molecule has 6 heteroatoms. The van der Waals surface area contributed by atoms with E-state index in [1.165, 1.54) is 0 Å². The summed E-state index contributed by atoms with van der Waals surface area (Å²) in [5.41, 5.74) is 0. The second kappa shape index (κ2) is 6.35. The molecule has 2 rings (SSSR count). The number of hydrogen-bond acceptors (Lipinski definition) is 4. The molecule has 2 unspecified atom stereocenters. The van der Waals surface area contributed by atoms with Crippen LogP contribution < -0.4 is 5.32 Å². The molecule has 2 atom stereocenters. The molecule has 1 fully saturated rings. The van der Waals surface area contributed by atoms with Crippen LogP contribution >= 0.6 is 0 Å². The van der Waals surface area contributed by atoms with Crippen molar-refractivity contribution in [3.63, 3.8) is 0 Å². The highest BCUT2D eigenvalue weighted by Crippen LogP contribution is 2.22. The van der Waals surface area contributed by atoms with Gasteiger partial charge in [0.15, 0.2) is 0 Å². The first-order valence-corrected chi connectivity index (χ1v) is 7.32. The maximum Gasteiger partial charge on any atom is 0.239 e. The van der Waals surface area contributed by atoms with E-state index in [2.05, 4.69) is 29.2 Å². The van der Waals surface area contributed by atoms with Crippen molar-refractivity contribution in [1.29, 1.82) is 0 Å². The van der Waals surface area contributed by atoms with Crippen molar-refractivity contribution in [3.05, 3.63) is 12.2 Å². The second-order valence-electron chi connectivity index (χ2n) is 6.05. The zero-order valence-electron chi connectivity index (χ0n) is 12.8. The van der Waals surface area contributed by atoms with Crippen molar-refractivity contribution in [3.8, 4) is 0 Å². The van der Waals surface area contributed by atoms with E-state index in [1.807, 2.05) is 18.8 Å². The van der Waals surface area contributed by atoms with E-state index in [-0.39, 0.29) is 11.9 Å². The van der Waals surface area contributed by atoms with Crippen LogP contribution in [-0.4, -0.2) is 52.3 Å². The quantitative estimate of drug-likeness (QED) is 0.888. The number of carbonyl (C=O) groups is 1. The third kappa shape index (κ3) is 3.36. The van der Waals surface area contributed by atoms with E-state index in [9.17, 15) is 4.79 Å². The fourth-order valence-corrected chi connectivity index (χ4v) is 2.79. The molecule has 112 valence electrons. The van der Waals surface area contributed by atoms with Crippen LogP contribution in [0.15, 0.2) is 6.33 Å². The van der Waals surface area contributed by atoms with Crippen molar-refractivity contribution < 1.29 is 4.79 Å². The van der Waals surface area contributed by atoms with Crippen LogP contribution in [0, 0.1) is 5.92 Å². The standard InChI is InChI=1S/C14H25N5O/c1-10(2)19-13(16-9-17-19)8-11-5-6-15-12(7-11)14(20)18(3)4/h9-12,15H,5-8H2,1-4H3. The molecule has 1 aliphatic rings. The highest BCUT2D eigenvalue weighted by Gasteiger charge is 2.28. The highest BCUT2D eigenvalue weighted by atomic mass is 16.2. The van der Waals surface area contributed by atoms with Gasteiger partial charge >= 0.3 is 0 Å². The van der Waals surface area contributed by atoms with Crippen molar-refractivity contribution in [2.75, 3.05) is 20.6 Å². The van der Waals surface area contributed by atoms with Crippen LogP contribution in [0.25, 0.3) is 0 Å². The fourth-order valence-electron chi connectivity index (χ4n) is 2.79. The monoisotopic (exact) mass is 279 g/mol. The first-order valence-electron chi connectivity index (χ1n) is 7.32. The van der Waals surface area contributed by atoms with Gasteiger partial charge in [0.05, 0.1) is 6.04 Å². The summed E-state index contributed by atoms with van der Waals surface area (Å²) in [5, 5.41) is 7.59. The molecule has 2 heterocycles. The van der Waals surface area contributed by atoms with E-state index in [0.29, 0.717) is 12.0 Å². The first kappa shape index (κ1) is 15.0. The molecule has 6 nitrogen and oxygen atoms in total. The van der Waals surface area contributed by atoms with Crippen LogP contribution in [-0.2, 0) is 11.2 Å². The van der Waals surface area contributed by atoms with Crippen molar-refractivity contribution in [1.82, 2.24) is 25.0 Å². The lowest BCUT2D eigenvalue weighted by molar-refractivity contribution is -0.131. The van der Waals surface area contributed by atoms with E-state index in [0.717, 1.165) is 31.6 Å².